The molecule has 0 aliphatic heterocycles. The molecule has 21 heavy (non-hydrogen) atoms. The first-order valence-corrected chi connectivity index (χ1v) is 7.22. The van der Waals surface area contributed by atoms with Crippen LogP contribution in [0.25, 0.3) is 5.69 Å². The molecule has 114 valence electrons. The van der Waals surface area contributed by atoms with Gasteiger partial charge in [-0.3, -0.25) is 0 Å². The molecule has 2 aromatic rings. The summed E-state index contributed by atoms with van der Waals surface area (Å²) in [5.41, 5.74) is 7.38. The molecule has 0 radical (unpaired) electrons. The van der Waals surface area contributed by atoms with E-state index in [-0.39, 0.29) is 6.04 Å². The van der Waals surface area contributed by atoms with E-state index in [0.29, 0.717) is 18.2 Å². The van der Waals surface area contributed by atoms with Crippen molar-refractivity contribution in [2.24, 2.45) is 5.73 Å². The van der Waals surface area contributed by atoms with Gasteiger partial charge in [-0.1, -0.05) is 11.6 Å². The molecule has 1 unspecified atom stereocenters. The highest BCUT2D eigenvalue weighted by atomic mass is 35.5. The fourth-order valence-corrected chi connectivity index (χ4v) is 2.31. The second-order valence-electron chi connectivity index (χ2n) is 4.73. The number of benzene rings is 1. The predicted molar refractivity (Wildman–Crippen MR) is 83.9 cm³/mol. The molecule has 0 amide bonds. The molecule has 6 nitrogen and oxygen atoms in total. The number of nitrogens with one attached hydrogen (secondary N) is 1. The maximum atomic E-state index is 6.11. The van der Waals surface area contributed by atoms with Gasteiger partial charge in [-0.15, -0.1) is 0 Å². The zero-order chi connectivity index (χ0) is 15.1. The van der Waals surface area contributed by atoms with E-state index in [1.165, 1.54) is 6.33 Å². The largest absolute Gasteiger partial charge is 0.383 e. The van der Waals surface area contributed by atoms with E-state index in [4.69, 9.17) is 22.1 Å². The summed E-state index contributed by atoms with van der Waals surface area (Å²) in [6, 6.07) is 5.78. The normalized spacial score (nSPS) is 12.3. The highest BCUT2D eigenvalue weighted by molar-refractivity contribution is 6.31. The number of halogens is 1. The zero-order valence-electron chi connectivity index (χ0n) is 12.0. The molecule has 0 aliphatic carbocycles. The number of nitrogens with zero attached hydrogens (tertiary/aromatic N) is 3. The van der Waals surface area contributed by atoms with Crippen molar-refractivity contribution in [1.82, 2.24) is 14.8 Å². The van der Waals surface area contributed by atoms with Crippen molar-refractivity contribution in [3.05, 3.63) is 35.9 Å². The highest BCUT2D eigenvalue weighted by Gasteiger charge is 2.12. The Kier molecular flexibility index (Phi) is 5.98. The Morgan fingerprint density at radius 3 is 3.00 bits per heavy atom. The van der Waals surface area contributed by atoms with Crippen molar-refractivity contribution < 1.29 is 4.74 Å². The lowest BCUT2D eigenvalue weighted by Crippen LogP contribution is -2.26. The zero-order valence-corrected chi connectivity index (χ0v) is 12.8. The van der Waals surface area contributed by atoms with Crippen LogP contribution in [-0.4, -0.2) is 41.1 Å². The van der Waals surface area contributed by atoms with Crippen LogP contribution < -0.4 is 11.1 Å². The van der Waals surface area contributed by atoms with Gasteiger partial charge in [0.2, 0.25) is 0 Å². The summed E-state index contributed by atoms with van der Waals surface area (Å²) < 4.78 is 6.96. The lowest BCUT2D eigenvalue weighted by Gasteiger charge is -2.21. The molecule has 2 rings (SSSR count). The molecular weight excluding hydrogens is 290 g/mol. The highest BCUT2D eigenvalue weighted by Crippen LogP contribution is 2.25. The van der Waals surface area contributed by atoms with Crippen LogP contribution in [0.4, 0.5) is 5.69 Å². The van der Waals surface area contributed by atoms with Gasteiger partial charge < -0.3 is 15.8 Å². The second kappa shape index (κ2) is 7.97. The van der Waals surface area contributed by atoms with Gasteiger partial charge >= 0.3 is 0 Å². The molecule has 0 bridgehead atoms. The van der Waals surface area contributed by atoms with E-state index >= 15 is 0 Å². The summed E-state index contributed by atoms with van der Waals surface area (Å²) in [7, 11) is 1.69. The average molecular weight is 310 g/mol. The standard InChI is InChI=1S/C14H20ClN5O/c1-21-8-12(3-2-6-16)19-13-7-11(15)4-5-14(13)20-10-17-9-18-20/h4-5,7,9-10,12,19H,2-3,6,8,16H2,1H3. The van der Waals surface area contributed by atoms with Gasteiger partial charge in [-0.25, -0.2) is 9.67 Å². The van der Waals surface area contributed by atoms with E-state index in [1.54, 1.807) is 18.1 Å². The minimum Gasteiger partial charge on any atom is -0.383 e. The Labute approximate surface area is 129 Å². The Morgan fingerprint density at radius 1 is 1.48 bits per heavy atom. The van der Waals surface area contributed by atoms with Gasteiger partial charge in [-0.05, 0) is 37.6 Å². The third-order valence-electron chi connectivity index (χ3n) is 3.11. The first-order valence-electron chi connectivity index (χ1n) is 6.84. The first kappa shape index (κ1) is 15.8. The number of nitrogens with two attached hydrogens (primary N) is 1. The van der Waals surface area contributed by atoms with Gasteiger partial charge in [0.05, 0.1) is 18.0 Å². The third-order valence-corrected chi connectivity index (χ3v) is 3.34. The summed E-state index contributed by atoms with van der Waals surface area (Å²) in [5.74, 6) is 0. The lowest BCUT2D eigenvalue weighted by atomic mass is 10.1. The molecule has 1 aromatic carbocycles. The van der Waals surface area contributed by atoms with Crippen molar-refractivity contribution >= 4 is 17.3 Å². The van der Waals surface area contributed by atoms with Gasteiger partial charge in [0.15, 0.2) is 0 Å². The molecule has 0 fully saturated rings. The van der Waals surface area contributed by atoms with E-state index in [0.717, 1.165) is 24.2 Å². The van der Waals surface area contributed by atoms with Crippen LogP contribution in [0.2, 0.25) is 5.02 Å². The summed E-state index contributed by atoms with van der Waals surface area (Å²) in [6.07, 6.45) is 5.01. The van der Waals surface area contributed by atoms with Crippen molar-refractivity contribution in [3.63, 3.8) is 0 Å². The first-order chi connectivity index (χ1) is 10.2. The van der Waals surface area contributed by atoms with E-state index in [9.17, 15) is 0 Å². The quantitative estimate of drug-likeness (QED) is 0.780. The fraction of sp³-hybridized carbons (Fsp3) is 0.429. The molecule has 1 aromatic heterocycles. The molecule has 1 atom stereocenters. The average Bonchev–Trinajstić information content (AvgIpc) is 2.99. The lowest BCUT2D eigenvalue weighted by molar-refractivity contribution is 0.182. The summed E-state index contributed by atoms with van der Waals surface area (Å²) in [6.45, 7) is 1.26. The minimum atomic E-state index is 0.166. The number of hydrogen-bond donors (Lipinski definition) is 2. The Hall–Kier alpha value is -1.63. The minimum absolute atomic E-state index is 0.166. The van der Waals surface area contributed by atoms with E-state index < -0.39 is 0 Å². The predicted octanol–water partition coefficient (Wildman–Crippen LogP) is 2.09. The van der Waals surface area contributed by atoms with Crippen molar-refractivity contribution in [1.29, 1.82) is 0 Å². The number of anilines is 1. The van der Waals surface area contributed by atoms with Gasteiger partial charge in [0, 0.05) is 18.2 Å². The fourth-order valence-electron chi connectivity index (χ4n) is 2.14. The van der Waals surface area contributed by atoms with Crippen LogP contribution in [0.5, 0.6) is 0 Å². The van der Waals surface area contributed by atoms with Gasteiger partial charge in [0.1, 0.15) is 12.7 Å². The number of hydrogen-bond acceptors (Lipinski definition) is 5. The van der Waals surface area contributed by atoms with Crippen molar-refractivity contribution in [2.45, 2.75) is 18.9 Å². The summed E-state index contributed by atoms with van der Waals surface area (Å²) >= 11 is 6.11. The molecule has 7 heteroatoms. The van der Waals surface area contributed by atoms with Crippen molar-refractivity contribution in [2.75, 3.05) is 25.6 Å². The van der Waals surface area contributed by atoms with Crippen LogP contribution in [-0.2, 0) is 4.74 Å². The Morgan fingerprint density at radius 2 is 2.33 bits per heavy atom. The van der Waals surface area contributed by atoms with Crippen LogP contribution in [0, 0.1) is 0 Å². The number of methoxy groups -OCH3 is 1. The molecule has 1 heterocycles. The maximum Gasteiger partial charge on any atom is 0.138 e. The Balaban J connectivity index is 2.22. The third kappa shape index (κ3) is 4.42. The van der Waals surface area contributed by atoms with Crippen LogP contribution >= 0.6 is 11.6 Å². The molecule has 0 saturated carbocycles. The number of aromatic nitrogens is 3. The van der Waals surface area contributed by atoms with Gasteiger partial charge in [-0.2, -0.15) is 5.10 Å². The summed E-state index contributed by atoms with van der Waals surface area (Å²) in [4.78, 5) is 3.98. The van der Waals surface area contributed by atoms with Crippen LogP contribution in [0.3, 0.4) is 0 Å². The van der Waals surface area contributed by atoms with Crippen molar-refractivity contribution in [3.8, 4) is 5.69 Å². The number of ether oxygens (including phenoxy) is 1. The van der Waals surface area contributed by atoms with E-state index in [1.807, 2.05) is 18.2 Å². The van der Waals surface area contributed by atoms with E-state index in [2.05, 4.69) is 15.4 Å². The SMILES string of the molecule is COCC(CCCN)Nc1cc(Cl)ccc1-n1cncn1. The van der Waals surface area contributed by atoms with Crippen LogP contribution in [0.15, 0.2) is 30.9 Å². The topological polar surface area (TPSA) is 78.0 Å². The number of rotatable bonds is 8. The molecule has 0 aliphatic rings. The smallest absolute Gasteiger partial charge is 0.138 e. The molecule has 3 N–H and O–H groups in total. The molecular formula is C14H20ClN5O. The van der Waals surface area contributed by atoms with Crippen LogP contribution in [0.1, 0.15) is 12.8 Å². The summed E-state index contributed by atoms with van der Waals surface area (Å²) in [5, 5.41) is 8.29. The molecule has 0 saturated heterocycles. The van der Waals surface area contributed by atoms with Gasteiger partial charge in [0.25, 0.3) is 0 Å². The monoisotopic (exact) mass is 309 g/mol. The second-order valence-corrected chi connectivity index (χ2v) is 5.17. The maximum absolute atomic E-state index is 6.11. The molecule has 0 spiro atoms. The Bertz CT molecular complexity index is 546.